The van der Waals surface area contributed by atoms with E-state index in [1.807, 2.05) is 13.8 Å². The van der Waals surface area contributed by atoms with Gasteiger partial charge in [-0.2, -0.15) is 0 Å². The fourth-order valence-corrected chi connectivity index (χ4v) is 3.71. The maximum absolute atomic E-state index is 12.7. The molecule has 3 N–H and O–H groups in total. The van der Waals surface area contributed by atoms with Crippen LogP contribution in [0, 0.1) is 6.92 Å². The molecule has 0 fully saturated rings. The number of imidazole rings is 1. The number of ether oxygens (including phenoxy) is 1. The number of benzene rings is 1. The Morgan fingerprint density at radius 1 is 1.25 bits per heavy atom. The molecular weight excluding hydrogens is 382 g/mol. The van der Waals surface area contributed by atoms with Gasteiger partial charge in [-0.25, -0.2) is 23.1 Å². The quantitative estimate of drug-likeness (QED) is 0.616. The average Bonchev–Trinajstić information content (AvgIpc) is 2.95. The van der Waals surface area contributed by atoms with Gasteiger partial charge in [-0.1, -0.05) is 13.8 Å². The number of hydrogen-bond acceptors (Lipinski definition) is 6. The molecule has 10 heteroatoms. The van der Waals surface area contributed by atoms with Crippen LogP contribution in [-0.4, -0.2) is 34.6 Å². The molecule has 150 valence electrons. The first kappa shape index (κ1) is 20.0. The average molecular weight is 405 g/mol. The minimum atomic E-state index is -4.04. The van der Waals surface area contributed by atoms with Crippen molar-refractivity contribution in [2.24, 2.45) is 5.14 Å². The van der Waals surface area contributed by atoms with E-state index in [-0.39, 0.29) is 16.3 Å². The van der Waals surface area contributed by atoms with Gasteiger partial charge in [0.2, 0.25) is 10.0 Å². The Morgan fingerprint density at radius 2 is 2.00 bits per heavy atom. The van der Waals surface area contributed by atoms with Gasteiger partial charge < -0.3 is 9.72 Å². The number of aromatic nitrogens is 4. The molecular formula is C18H23N5O4S. The van der Waals surface area contributed by atoms with Gasteiger partial charge >= 0.3 is 0 Å². The van der Waals surface area contributed by atoms with Gasteiger partial charge in [0.05, 0.1) is 17.2 Å². The van der Waals surface area contributed by atoms with E-state index in [0.717, 1.165) is 12.8 Å². The maximum Gasteiger partial charge on any atom is 0.277 e. The topological polar surface area (TPSA) is 132 Å². The Kier molecular flexibility index (Phi) is 5.52. The number of aromatic amines is 1. The number of nitrogens with zero attached hydrogens (tertiary/aromatic N) is 3. The Labute approximate surface area is 162 Å². The van der Waals surface area contributed by atoms with Crippen LogP contribution in [0.15, 0.2) is 27.9 Å². The molecule has 3 rings (SSSR count). The highest BCUT2D eigenvalue weighted by Crippen LogP contribution is 2.28. The summed E-state index contributed by atoms with van der Waals surface area (Å²) in [5.74, 6) is 1.18. The molecule has 0 atom stereocenters. The minimum absolute atomic E-state index is 0.0817. The van der Waals surface area contributed by atoms with E-state index < -0.39 is 15.6 Å². The standard InChI is InChI=1S/C18H23N5O4S/c1-4-6-15-20-11(3)16-18(24)21-17(22-23(15)16)13-10-12(27-9-5-2)7-8-14(13)28(19,25)26/h7-8,10H,4-6,9H2,1-3H3,(H2,19,25,26)(H,21,22,24). The highest BCUT2D eigenvalue weighted by atomic mass is 32.2. The molecule has 28 heavy (non-hydrogen) atoms. The molecule has 1 aromatic carbocycles. The predicted octanol–water partition coefficient (Wildman–Crippen LogP) is 1.78. The molecule has 3 aromatic rings. The van der Waals surface area contributed by atoms with Gasteiger partial charge in [0.25, 0.3) is 5.56 Å². The van der Waals surface area contributed by atoms with Gasteiger partial charge in [-0.3, -0.25) is 4.79 Å². The first-order valence-corrected chi connectivity index (χ1v) is 10.6. The zero-order chi connectivity index (χ0) is 20.5. The van der Waals surface area contributed by atoms with Crippen LogP contribution in [0.2, 0.25) is 0 Å². The molecule has 9 nitrogen and oxygen atoms in total. The van der Waals surface area contributed by atoms with Gasteiger partial charge in [-0.05, 0) is 38.0 Å². The van der Waals surface area contributed by atoms with Crippen molar-refractivity contribution in [1.82, 2.24) is 19.6 Å². The summed E-state index contributed by atoms with van der Waals surface area (Å²) in [4.78, 5) is 19.6. The molecule has 0 saturated carbocycles. The second-order valence-corrected chi connectivity index (χ2v) is 8.01. The molecule has 0 radical (unpaired) electrons. The van der Waals surface area contributed by atoms with Crippen LogP contribution >= 0.6 is 0 Å². The maximum atomic E-state index is 12.7. The van der Waals surface area contributed by atoms with Gasteiger partial charge in [0.1, 0.15) is 11.6 Å². The Balaban J connectivity index is 2.28. The number of sulfonamides is 1. The minimum Gasteiger partial charge on any atom is -0.494 e. The first-order chi connectivity index (χ1) is 13.3. The monoisotopic (exact) mass is 405 g/mol. The fourth-order valence-electron chi connectivity index (χ4n) is 2.99. The summed E-state index contributed by atoms with van der Waals surface area (Å²) in [6.07, 6.45) is 2.25. The lowest BCUT2D eigenvalue weighted by atomic mass is 10.2. The fraction of sp³-hybridized carbons (Fsp3) is 0.389. The van der Waals surface area contributed by atoms with Crippen LogP contribution in [0.1, 0.15) is 38.2 Å². The van der Waals surface area contributed by atoms with Crippen molar-refractivity contribution in [1.29, 1.82) is 0 Å². The highest BCUT2D eigenvalue weighted by molar-refractivity contribution is 7.89. The lowest BCUT2D eigenvalue weighted by Gasteiger charge is -2.11. The largest absolute Gasteiger partial charge is 0.494 e. The van der Waals surface area contributed by atoms with Crippen molar-refractivity contribution in [2.75, 3.05) is 6.61 Å². The van der Waals surface area contributed by atoms with Crippen molar-refractivity contribution >= 4 is 15.5 Å². The lowest BCUT2D eigenvalue weighted by Crippen LogP contribution is -2.18. The van der Waals surface area contributed by atoms with E-state index in [9.17, 15) is 13.2 Å². The molecule has 0 saturated heterocycles. The summed E-state index contributed by atoms with van der Waals surface area (Å²) < 4.78 is 31.2. The van der Waals surface area contributed by atoms with E-state index in [1.54, 1.807) is 6.92 Å². The lowest BCUT2D eigenvalue weighted by molar-refractivity contribution is 0.317. The van der Waals surface area contributed by atoms with E-state index in [2.05, 4.69) is 15.1 Å². The SMILES string of the molecule is CCCOc1ccc(S(N)(=O)=O)c(-c2nn3c(CCC)nc(C)c3c(=O)[nH]2)c1. The van der Waals surface area contributed by atoms with Crippen LogP contribution < -0.4 is 15.4 Å². The van der Waals surface area contributed by atoms with Crippen molar-refractivity contribution in [3.05, 3.63) is 40.1 Å². The molecule has 0 aliphatic rings. The van der Waals surface area contributed by atoms with Crippen LogP contribution in [0.3, 0.4) is 0 Å². The van der Waals surface area contributed by atoms with Gasteiger partial charge in [0.15, 0.2) is 11.3 Å². The Morgan fingerprint density at radius 3 is 2.64 bits per heavy atom. The summed E-state index contributed by atoms with van der Waals surface area (Å²) in [6.45, 7) is 6.17. The third-order valence-corrected chi connectivity index (χ3v) is 5.17. The zero-order valence-electron chi connectivity index (χ0n) is 16.0. The van der Waals surface area contributed by atoms with Crippen LogP contribution in [-0.2, 0) is 16.4 Å². The van der Waals surface area contributed by atoms with Crippen molar-refractivity contribution in [3.63, 3.8) is 0 Å². The smallest absolute Gasteiger partial charge is 0.277 e. The highest BCUT2D eigenvalue weighted by Gasteiger charge is 2.21. The number of nitrogens with two attached hydrogens (primary N) is 1. The number of fused-ring (bicyclic) bond motifs is 1. The van der Waals surface area contributed by atoms with Gasteiger partial charge in [0, 0.05) is 12.0 Å². The molecule has 0 bridgehead atoms. The van der Waals surface area contributed by atoms with E-state index in [0.29, 0.717) is 35.8 Å². The Hall–Kier alpha value is -2.72. The van der Waals surface area contributed by atoms with Crippen molar-refractivity contribution < 1.29 is 13.2 Å². The summed E-state index contributed by atoms with van der Waals surface area (Å²) in [6, 6.07) is 4.40. The second kappa shape index (κ2) is 7.72. The molecule has 0 aliphatic carbocycles. The predicted molar refractivity (Wildman–Crippen MR) is 105 cm³/mol. The molecule has 0 aliphatic heterocycles. The zero-order valence-corrected chi connectivity index (χ0v) is 16.8. The molecule has 2 heterocycles. The van der Waals surface area contributed by atoms with Crippen LogP contribution in [0.25, 0.3) is 16.9 Å². The number of aryl methyl sites for hydroxylation is 2. The number of H-pyrrole nitrogens is 1. The number of nitrogens with one attached hydrogen (secondary N) is 1. The third-order valence-electron chi connectivity index (χ3n) is 4.20. The molecule has 0 spiro atoms. The van der Waals surface area contributed by atoms with E-state index >= 15 is 0 Å². The molecule has 2 aromatic heterocycles. The molecule has 0 unspecified atom stereocenters. The number of hydrogen-bond donors (Lipinski definition) is 2. The summed E-state index contributed by atoms with van der Waals surface area (Å²) >= 11 is 0. The summed E-state index contributed by atoms with van der Waals surface area (Å²) in [7, 11) is -4.04. The van der Waals surface area contributed by atoms with Crippen molar-refractivity contribution in [2.45, 2.75) is 44.9 Å². The first-order valence-electron chi connectivity index (χ1n) is 9.04. The summed E-state index contributed by atoms with van der Waals surface area (Å²) in [5, 5.41) is 9.83. The van der Waals surface area contributed by atoms with Crippen molar-refractivity contribution in [3.8, 4) is 17.1 Å². The third kappa shape index (κ3) is 3.78. The number of rotatable bonds is 7. The van der Waals surface area contributed by atoms with Crippen LogP contribution in [0.5, 0.6) is 5.75 Å². The molecule has 0 amide bonds. The van der Waals surface area contributed by atoms with Gasteiger partial charge in [-0.15, -0.1) is 5.10 Å². The van der Waals surface area contributed by atoms with Crippen LogP contribution in [0.4, 0.5) is 0 Å². The summed E-state index contributed by atoms with van der Waals surface area (Å²) in [5.41, 5.74) is 0.666. The second-order valence-electron chi connectivity index (χ2n) is 6.48. The normalized spacial score (nSPS) is 11.9. The van der Waals surface area contributed by atoms with E-state index in [1.165, 1.54) is 22.7 Å². The Bertz CT molecular complexity index is 1180. The number of primary sulfonamides is 1. The van der Waals surface area contributed by atoms with E-state index in [4.69, 9.17) is 9.88 Å².